The van der Waals surface area contributed by atoms with E-state index in [1.54, 1.807) is 11.3 Å². The van der Waals surface area contributed by atoms with Crippen molar-refractivity contribution in [3.63, 3.8) is 0 Å². The van der Waals surface area contributed by atoms with Gasteiger partial charge in [-0.25, -0.2) is 4.98 Å². The summed E-state index contributed by atoms with van der Waals surface area (Å²) in [5.74, 6) is 0.777. The molecule has 1 fully saturated rings. The zero-order chi connectivity index (χ0) is 9.97. The molecule has 1 aliphatic carbocycles. The van der Waals surface area contributed by atoms with Crippen LogP contribution in [0, 0.1) is 0 Å². The van der Waals surface area contributed by atoms with Crippen molar-refractivity contribution in [1.82, 2.24) is 10.3 Å². The summed E-state index contributed by atoms with van der Waals surface area (Å²) in [6.45, 7) is 5.26. The van der Waals surface area contributed by atoms with Gasteiger partial charge in [-0.1, -0.05) is 20.3 Å². The number of thiazole rings is 1. The summed E-state index contributed by atoms with van der Waals surface area (Å²) >= 11 is 1.80. The van der Waals surface area contributed by atoms with Crippen LogP contribution in [0.25, 0.3) is 0 Å². The molecule has 0 unspecified atom stereocenters. The van der Waals surface area contributed by atoms with E-state index in [1.165, 1.54) is 30.0 Å². The molecule has 1 saturated carbocycles. The smallest absolute Gasteiger partial charge is 0.107 e. The van der Waals surface area contributed by atoms with Gasteiger partial charge in [-0.05, 0) is 12.8 Å². The number of hydrogen-bond acceptors (Lipinski definition) is 3. The first-order valence-electron chi connectivity index (χ1n) is 5.43. The highest BCUT2D eigenvalue weighted by Gasteiger charge is 2.21. The Morgan fingerprint density at radius 3 is 2.93 bits per heavy atom. The fourth-order valence-electron chi connectivity index (χ4n) is 1.59. The van der Waals surface area contributed by atoms with Crippen molar-refractivity contribution in [3.05, 3.63) is 16.1 Å². The third-order valence-electron chi connectivity index (χ3n) is 2.75. The Hall–Kier alpha value is -0.410. The number of aromatic nitrogens is 1. The van der Waals surface area contributed by atoms with E-state index in [1.807, 2.05) is 0 Å². The summed E-state index contributed by atoms with van der Waals surface area (Å²) in [5.41, 5.74) is 1.34. The van der Waals surface area contributed by atoms with Gasteiger partial charge in [0.05, 0.1) is 5.69 Å². The molecule has 2 rings (SSSR count). The Labute approximate surface area is 89.8 Å². The second-order valence-corrected chi connectivity index (χ2v) is 5.27. The lowest BCUT2D eigenvalue weighted by molar-refractivity contribution is 0.411. The Morgan fingerprint density at radius 2 is 2.36 bits per heavy atom. The Kier molecular flexibility index (Phi) is 3.19. The normalized spacial score (nSPS) is 17.4. The van der Waals surface area contributed by atoms with Crippen LogP contribution in [0.5, 0.6) is 0 Å². The summed E-state index contributed by atoms with van der Waals surface area (Å²) in [6, 6.07) is 0.547. The number of hydrogen-bond donors (Lipinski definition) is 1. The van der Waals surface area contributed by atoms with Crippen LogP contribution in [-0.2, 0) is 6.54 Å². The predicted molar refractivity (Wildman–Crippen MR) is 60.7 cm³/mol. The minimum absolute atomic E-state index is 0.547. The fourth-order valence-corrected chi connectivity index (χ4v) is 2.42. The summed E-state index contributed by atoms with van der Waals surface area (Å²) < 4.78 is 0. The third kappa shape index (κ3) is 2.34. The van der Waals surface area contributed by atoms with Crippen molar-refractivity contribution in [3.8, 4) is 0 Å². The lowest BCUT2D eigenvalue weighted by atomic mass is 9.83. The van der Waals surface area contributed by atoms with Gasteiger partial charge >= 0.3 is 0 Å². The Morgan fingerprint density at radius 1 is 1.57 bits per heavy atom. The van der Waals surface area contributed by atoms with Crippen LogP contribution in [0.3, 0.4) is 0 Å². The van der Waals surface area contributed by atoms with Crippen molar-refractivity contribution in [2.75, 3.05) is 0 Å². The van der Waals surface area contributed by atoms with E-state index in [9.17, 15) is 0 Å². The van der Waals surface area contributed by atoms with E-state index in [-0.39, 0.29) is 0 Å². The molecule has 1 aromatic heterocycles. The molecule has 1 aliphatic rings. The van der Waals surface area contributed by atoms with Crippen LogP contribution >= 0.6 is 11.3 Å². The van der Waals surface area contributed by atoms with Crippen LogP contribution in [0.4, 0.5) is 0 Å². The Bertz CT molecular complexity index is 289. The van der Waals surface area contributed by atoms with Gasteiger partial charge in [-0.3, -0.25) is 0 Å². The first kappa shape index (κ1) is 10.1. The average Bonchev–Trinajstić information content (AvgIpc) is 2.46. The molecule has 0 aromatic carbocycles. The average molecular weight is 210 g/mol. The summed E-state index contributed by atoms with van der Waals surface area (Å²) in [7, 11) is 0. The molecular weight excluding hydrogens is 192 g/mol. The van der Waals surface area contributed by atoms with Crippen LogP contribution < -0.4 is 5.32 Å². The molecule has 0 bridgehead atoms. The fraction of sp³-hybridized carbons (Fsp3) is 0.727. The summed E-state index contributed by atoms with van der Waals surface area (Å²) in [5, 5.41) is 6.87. The molecule has 0 atom stereocenters. The van der Waals surface area contributed by atoms with Gasteiger partial charge in [-0.2, -0.15) is 0 Å². The van der Waals surface area contributed by atoms with E-state index in [0.29, 0.717) is 6.04 Å². The molecule has 1 N–H and O–H groups in total. The molecule has 0 spiro atoms. The van der Waals surface area contributed by atoms with Crippen molar-refractivity contribution in [2.45, 2.75) is 51.6 Å². The molecule has 14 heavy (non-hydrogen) atoms. The minimum atomic E-state index is 0.547. The molecule has 0 amide bonds. The third-order valence-corrected chi connectivity index (χ3v) is 3.62. The zero-order valence-electron chi connectivity index (χ0n) is 8.92. The van der Waals surface area contributed by atoms with Crippen LogP contribution in [0.15, 0.2) is 5.38 Å². The second kappa shape index (κ2) is 4.41. The van der Waals surface area contributed by atoms with Crippen molar-refractivity contribution in [2.24, 2.45) is 0 Å². The molecule has 0 saturated heterocycles. The quantitative estimate of drug-likeness (QED) is 0.826. The second-order valence-electron chi connectivity index (χ2n) is 4.33. The monoisotopic (exact) mass is 210 g/mol. The number of nitrogens with one attached hydrogen (secondary N) is 1. The van der Waals surface area contributed by atoms with Gasteiger partial charge in [0, 0.05) is 23.9 Å². The lowest BCUT2D eigenvalue weighted by Gasteiger charge is -2.23. The number of rotatable bonds is 4. The van der Waals surface area contributed by atoms with E-state index >= 15 is 0 Å². The maximum Gasteiger partial charge on any atom is 0.107 e. The predicted octanol–water partition coefficient (Wildman–Crippen LogP) is 2.91. The van der Waals surface area contributed by atoms with Gasteiger partial charge < -0.3 is 5.32 Å². The molecular formula is C11H18N2S. The SMILES string of the molecule is CC(C)NCc1nc(C2CCC2)cs1. The van der Waals surface area contributed by atoms with E-state index in [0.717, 1.165) is 12.5 Å². The van der Waals surface area contributed by atoms with Gasteiger partial charge in [0.15, 0.2) is 0 Å². The molecule has 3 heteroatoms. The van der Waals surface area contributed by atoms with Crippen LogP contribution in [-0.4, -0.2) is 11.0 Å². The van der Waals surface area contributed by atoms with Gasteiger partial charge in [0.25, 0.3) is 0 Å². The summed E-state index contributed by atoms with van der Waals surface area (Å²) in [6.07, 6.45) is 4.09. The van der Waals surface area contributed by atoms with Crippen molar-refractivity contribution >= 4 is 11.3 Å². The molecule has 2 nitrogen and oxygen atoms in total. The number of nitrogens with zero attached hydrogens (tertiary/aromatic N) is 1. The Balaban J connectivity index is 1.89. The molecule has 78 valence electrons. The van der Waals surface area contributed by atoms with Gasteiger partial charge in [0.2, 0.25) is 0 Å². The van der Waals surface area contributed by atoms with Gasteiger partial charge in [0.1, 0.15) is 5.01 Å². The highest BCUT2D eigenvalue weighted by atomic mass is 32.1. The molecule has 0 aliphatic heterocycles. The topological polar surface area (TPSA) is 24.9 Å². The zero-order valence-corrected chi connectivity index (χ0v) is 9.73. The van der Waals surface area contributed by atoms with Crippen LogP contribution in [0.1, 0.15) is 49.7 Å². The van der Waals surface area contributed by atoms with Crippen molar-refractivity contribution in [1.29, 1.82) is 0 Å². The largest absolute Gasteiger partial charge is 0.308 e. The standard InChI is InChI=1S/C11H18N2S/c1-8(2)12-6-11-13-10(7-14-11)9-4-3-5-9/h7-9,12H,3-6H2,1-2H3. The first-order valence-corrected chi connectivity index (χ1v) is 6.31. The summed E-state index contributed by atoms with van der Waals surface area (Å²) in [4.78, 5) is 4.66. The van der Waals surface area contributed by atoms with E-state index < -0.39 is 0 Å². The molecule has 1 aromatic rings. The molecule has 0 radical (unpaired) electrons. The minimum Gasteiger partial charge on any atom is -0.308 e. The maximum atomic E-state index is 4.66. The van der Waals surface area contributed by atoms with E-state index in [2.05, 4.69) is 29.5 Å². The highest BCUT2D eigenvalue weighted by molar-refractivity contribution is 7.09. The molecule has 1 heterocycles. The van der Waals surface area contributed by atoms with Crippen LogP contribution in [0.2, 0.25) is 0 Å². The highest BCUT2D eigenvalue weighted by Crippen LogP contribution is 2.36. The van der Waals surface area contributed by atoms with Crippen molar-refractivity contribution < 1.29 is 0 Å². The maximum absolute atomic E-state index is 4.66. The van der Waals surface area contributed by atoms with E-state index in [4.69, 9.17) is 0 Å². The van der Waals surface area contributed by atoms with Gasteiger partial charge in [-0.15, -0.1) is 11.3 Å². The first-order chi connectivity index (χ1) is 6.75. The lowest BCUT2D eigenvalue weighted by Crippen LogP contribution is -2.21.